The van der Waals surface area contributed by atoms with Crippen LogP contribution in [0.25, 0.3) is 0 Å². The quantitative estimate of drug-likeness (QED) is 0.905. The fourth-order valence-electron chi connectivity index (χ4n) is 2.97. The Morgan fingerprint density at radius 1 is 1.32 bits per heavy atom. The molecule has 6 nitrogen and oxygen atoms in total. The highest BCUT2D eigenvalue weighted by Crippen LogP contribution is 2.36. The molecule has 1 saturated heterocycles. The number of carbonyl (C=O) groups is 3. The van der Waals surface area contributed by atoms with Crippen molar-refractivity contribution in [3.05, 3.63) is 35.9 Å². The number of benzene rings is 1. The molecule has 2 unspecified atom stereocenters. The summed E-state index contributed by atoms with van der Waals surface area (Å²) in [6.45, 7) is -0.339. The molecule has 0 saturated carbocycles. The van der Waals surface area contributed by atoms with Crippen molar-refractivity contribution in [2.75, 3.05) is 20.6 Å². The molecule has 1 aromatic rings. The van der Waals surface area contributed by atoms with Crippen LogP contribution in [0.2, 0.25) is 0 Å². The number of carboxylic acid groups (broad SMARTS) is 1. The molecule has 6 heteroatoms. The molecule has 1 aliphatic heterocycles. The van der Waals surface area contributed by atoms with Crippen molar-refractivity contribution in [3.8, 4) is 0 Å². The number of likely N-dealkylation sites (N-methyl/N-ethyl adjacent to an activating group) is 1. The van der Waals surface area contributed by atoms with Gasteiger partial charge in [-0.05, 0) is 12.0 Å². The Morgan fingerprint density at radius 3 is 2.55 bits per heavy atom. The molecule has 1 aliphatic rings. The van der Waals surface area contributed by atoms with Gasteiger partial charge in [-0.15, -0.1) is 0 Å². The highest BCUT2D eigenvalue weighted by Gasteiger charge is 2.40. The van der Waals surface area contributed by atoms with Gasteiger partial charge in [-0.25, -0.2) is 0 Å². The molecule has 0 aromatic heterocycles. The van der Waals surface area contributed by atoms with Gasteiger partial charge < -0.3 is 14.9 Å². The van der Waals surface area contributed by atoms with Gasteiger partial charge in [0.25, 0.3) is 0 Å². The molecule has 1 aromatic carbocycles. The zero-order valence-corrected chi connectivity index (χ0v) is 12.7. The molecule has 2 rings (SSSR count). The van der Waals surface area contributed by atoms with Crippen molar-refractivity contribution in [3.63, 3.8) is 0 Å². The normalized spacial score (nSPS) is 21.5. The van der Waals surface area contributed by atoms with Gasteiger partial charge in [0.05, 0.1) is 12.0 Å². The molecule has 1 N–H and O–H groups in total. The first kappa shape index (κ1) is 16.0. The minimum absolute atomic E-state index is 0.00112. The number of amides is 2. The lowest BCUT2D eigenvalue weighted by Crippen LogP contribution is -2.47. The topological polar surface area (TPSA) is 77.9 Å². The Morgan fingerprint density at radius 2 is 1.95 bits per heavy atom. The smallest absolute Gasteiger partial charge is 0.323 e. The second kappa shape index (κ2) is 6.60. The SMILES string of the molecule is CN(CC(=O)O)C(=O)C1CCC(=O)N(C)C1c1ccccc1. The van der Waals surface area contributed by atoms with Gasteiger partial charge in [0.15, 0.2) is 0 Å². The third kappa shape index (κ3) is 3.27. The molecule has 22 heavy (non-hydrogen) atoms. The fourth-order valence-corrected chi connectivity index (χ4v) is 2.97. The van der Waals surface area contributed by atoms with Gasteiger partial charge >= 0.3 is 5.97 Å². The maximum atomic E-state index is 12.6. The Hall–Kier alpha value is -2.37. The molecule has 0 bridgehead atoms. The summed E-state index contributed by atoms with van der Waals surface area (Å²) in [6.07, 6.45) is 0.739. The van der Waals surface area contributed by atoms with Gasteiger partial charge in [0, 0.05) is 20.5 Å². The molecular weight excluding hydrogens is 284 g/mol. The second-order valence-electron chi connectivity index (χ2n) is 5.59. The molecule has 2 amide bonds. The van der Waals surface area contributed by atoms with Gasteiger partial charge in [-0.3, -0.25) is 14.4 Å². The number of aliphatic carboxylic acids is 1. The number of hydrogen-bond donors (Lipinski definition) is 1. The van der Waals surface area contributed by atoms with Crippen molar-refractivity contribution in [1.29, 1.82) is 0 Å². The van der Waals surface area contributed by atoms with E-state index < -0.39 is 11.9 Å². The number of rotatable bonds is 4. The van der Waals surface area contributed by atoms with Crippen LogP contribution in [0.4, 0.5) is 0 Å². The summed E-state index contributed by atoms with van der Waals surface area (Å²) in [4.78, 5) is 38.2. The predicted molar refractivity (Wildman–Crippen MR) is 79.9 cm³/mol. The summed E-state index contributed by atoms with van der Waals surface area (Å²) >= 11 is 0. The summed E-state index contributed by atoms with van der Waals surface area (Å²) in [7, 11) is 3.17. The zero-order valence-electron chi connectivity index (χ0n) is 12.7. The van der Waals surface area contributed by atoms with Crippen LogP contribution in [0.3, 0.4) is 0 Å². The van der Waals surface area contributed by atoms with Crippen LogP contribution in [-0.2, 0) is 14.4 Å². The molecule has 0 radical (unpaired) electrons. The second-order valence-corrected chi connectivity index (χ2v) is 5.59. The number of hydrogen-bond acceptors (Lipinski definition) is 3. The third-order valence-corrected chi connectivity index (χ3v) is 4.07. The van der Waals surface area contributed by atoms with Gasteiger partial charge in [0.2, 0.25) is 11.8 Å². The standard InChI is InChI=1S/C16H20N2O4/c1-17(10-14(20)21)16(22)12-8-9-13(19)18(2)15(12)11-6-4-3-5-7-11/h3-7,12,15H,8-10H2,1-2H3,(H,20,21). The van der Waals surface area contributed by atoms with Gasteiger partial charge in [-0.1, -0.05) is 30.3 Å². The summed E-state index contributed by atoms with van der Waals surface area (Å²) in [5, 5.41) is 8.85. The van der Waals surface area contributed by atoms with Crippen molar-refractivity contribution in [2.24, 2.45) is 5.92 Å². The monoisotopic (exact) mass is 304 g/mol. The molecule has 0 spiro atoms. The van der Waals surface area contributed by atoms with Crippen LogP contribution in [0.1, 0.15) is 24.4 Å². The van der Waals surface area contributed by atoms with E-state index in [2.05, 4.69) is 0 Å². The lowest BCUT2D eigenvalue weighted by molar-refractivity contribution is -0.150. The average Bonchev–Trinajstić information content (AvgIpc) is 2.49. The van der Waals surface area contributed by atoms with Crippen molar-refractivity contribution >= 4 is 17.8 Å². The van der Waals surface area contributed by atoms with E-state index >= 15 is 0 Å². The van der Waals surface area contributed by atoms with E-state index in [1.165, 1.54) is 11.9 Å². The van der Waals surface area contributed by atoms with Crippen LogP contribution < -0.4 is 0 Å². The van der Waals surface area contributed by atoms with Gasteiger partial charge in [-0.2, -0.15) is 0 Å². The van der Waals surface area contributed by atoms with E-state index in [9.17, 15) is 14.4 Å². The number of nitrogens with zero attached hydrogens (tertiary/aromatic N) is 2. The molecule has 1 heterocycles. The predicted octanol–water partition coefficient (Wildman–Crippen LogP) is 1.14. The Balaban J connectivity index is 2.29. The lowest BCUT2D eigenvalue weighted by atomic mass is 9.83. The van der Waals surface area contributed by atoms with Crippen molar-refractivity contribution in [2.45, 2.75) is 18.9 Å². The third-order valence-electron chi connectivity index (χ3n) is 4.07. The largest absolute Gasteiger partial charge is 0.480 e. The van der Waals surface area contributed by atoms with E-state index in [4.69, 9.17) is 5.11 Å². The maximum Gasteiger partial charge on any atom is 0.323 e. The number of likely N-dealkylation sites (tertiary alicyclic amines) is 1. The summed E-state index contributed by atoms with van der Waals surface area (Å²) in [5.41, 5.74) is 0.889. The summed E-state index contributed by atoms with van der Waals surface area (Å²) in [5.74, 6) is -1.71. The van der Waals surface area contributed by atoms with Crippen molar-refractivity contribution in [1.82, 2.24) is 9.80 Å². The molecular formula is C16H20N2O4. The summed E-state index contributed by atoms with van der Waals surface area (Å²) < 4.78 is 0. The lowest BCUT2D eigenvalue weighted by Gasteiger charge is -2.39. The van der Waals surface area contributed by atoms with E-state index in [0.29, 0.717) is 12.8 Å². The minimum Gasteiger partial charge on any atom is -0.480 e. The van der Waals surface area contributed by atoms with Gasteiger partial charge in [0.1, 0.15) is 6.54 Å². The van der Waals surface area contributed by atoms with E-state index in [1.54, 1.807) is 11.9 Å². The summed E-state index contributed by atoms with van der Waals surface area (Å²) in [6, 6.07) is 9.03. The maximum absolute atomic E-state index is 12.6. The first-order valence-corrected chi connectivity index (χ1v) is 7.19. The van der Waals surface area contributed by atoms with Crippen LogP contribution in [0.5, 0.6) is 0 Å². The first-order chi connectivity index (χ1) is 10.4. The fraction of sp³-hybridized carbons (Fsp3) is 0.438. The zero-order chi connectivity index (χ0) is 16.3. The Labute approximate surface area is 129 Å². The number of carboxylic acids is 1. The first-order valence-electron chi connectivity index (χ1n) is 7.19. The highest BCUT2D eigenvalue weighted by molar-refractivity contribution is 5.86. The van der Waals surface area contributed by atoms with Crippen LogP contribution in [0.15, 0.2) is 30.3 Å². The number of piperidine rings is 1. The van der Waals surface area contributed by atoms with E-state index in [1.807, 2.05) is 30.3 Å². The van der Waals surface area contributed by atoms with E-state index in [0.717, 1.165) is 5.56 Å². The number of carbonyl (C=O) groups excluding carboxylic acids is 2. The highest BCUT2D eigenvalue weighted by atomic mass is 16.4. The molecule has 0 aliphatic carbocycles. The van der Waals surface area contributed by atoms with Crippen LogP contribution >= 0.6 is 0 Å². The molecule has 118 valence electrons. The van der Waals surface area contributed by atoms with Crippen LogP contribution in [-0.4, -0.2) is 53.3 Å². The average molecular weight is 304 g/mol. The van der Waals surface area contributed by atoms with Crippen molar-refractivity contribution < 1.29 is 19.5 Å². The van der Waals surface area contributed by atoms with Crippen LogP contribution in [0, 0.1) is 5.92 Å². The van der Waals surface area contributed by atoms with E-state index in [-0.39, 0.29) is 24.4 Å². The molecule has 2 atom stereocenters. The molecule has 1 fully saturated rings. The Bertz CT molecular complexity index is 573. The minimum atomic E-state index is -1.05. The Kier molecular flexibility index (Phi) is 4.80.